The van der Waals surface area contributed by atoms with Crippen LogP contribution in [-0.2, 0) is 11.0 Å². The number of amides is 1. The van der Waals surface area contributed by atoms with Gasteiger partial charge in [0.1, 0.15) is 12.4 Å². The van der Waals surface area contributed by atoms with Gasteiger partial charge in [0.15, 0.2) is 0 Å². The Morgan fingerprint density at radius 1 is 0.975 bits per heavy atom. The highest BCUT2D eigenvalue weighted by molar-refractivity contribution is 5.94. The summed E-state index contributed by atoms with van der Waals surface area (Å²) in [4.78, 5) is 22.8. The van der Waals surface area contributed by atoms with Crippen LogP contribution in [0.15, 0.2) is 60.7 Å². The Morgan fingerprint density at radius 3 is 2.10 bits per heavy atom. The van der Waals surface area contributed by atoms with E-state index in [1.807, 2.05) is 26.0 Å². The number of carboxylic acids is 1. The van der Waals surface area contributed by atoms with E-state index in [1.54, 1.807) is 24.3 Å². The Kier molecular flexibility index (Phi) is 10.2. The SMILES string of the molecule is CCC(C)C(COc1cc(C)c(-c2ccc(C(F)(F)F)cc2)c(C)c1)Nc1ccc(C(=O)NCCC(=O)O)cc1. The van der Waals surface area contributed by atoms with Crippen molar-refractivity contribution in [3.63, 3.8) is 0 Å². The van der Waals surface area contributed by atoms with Crippen LogP contribution in [0.4, 0.5) is 18.9 Å². The highest BCUT2D eigenvalue weighted by Gasteiger charge is 2.30. The third-order valence-electron chi connectivity index (χ3n) is 6.89. The van der Waals surface area contributed by atoms with Crippen molar-refractivity contribution < 1.29 is 32.6 Å². The van der Waals surface area contributed by atoms with Crippen molar-refractivity contribution in [2.75, 3.05) is 18.5 Å². The van der Waals surface area contributed by atoms with Crippen molar-refractivity contribution >= 4 is 17.6 Å². The van der Waals surface area contributed by atoms with Gasteiger partial charge in [0, 0.05) is 17.8 Å². The Hall–Kier alpha value is -4.01. The van der Waals surface area contributed by atoms with Crippen LogP contribution in [0.5, 0.6) is 5.75 Å². The number of aliphatic carboxylic acids is 1. The second-order valence-electron chi connectivity index (χ2n) is 9.93. The molecule has 0 aliphatic heterocycles. The summed E-state index contributed by atoms with van der Waals surface area (Å²) in [7, 11) is 0. The second-order valence-corrected chi connectivity index (χ2v) is 9.93. The molecule has 0 bridgehead atoms. The van der Waals surface area contributed by atoms with Gasteiger partial charge in [-0.15, -0.1) is 0 Å². The molecule has 6 nitrogen and oxygen atoms in total. The van der Waals surface area contributed by atoms with Gasteiger partial charge in [-0.3, -0.25) is 9.59 Å². The molecule has 0 saturated heterocycles. The van der Waals surface area contributed by atoms with Crippen molar-refractivity contribution in [2.45, 2.75) is 52.8 Å². The molecule has 214 valence electrons. The molecule has 2 atom stereocenters. The lowest BCUT2D eigenvalue weighted by Crippen LogP contribution is -2.33. The summed E-state index contributed by atoms with van der Waals surface area (Å²) in [5.41, 5.74) is 3.98. The third-order valence-corrected chi connectivity index (χ3v) is 6.89. The summed E-state index contributed by atoms with van der Waals surface area (Å²) in [6, 6.07) is 15.9. The Balaban J connectivity index is 1.67. The maximum Gasteiger partial charge on any atom is 0.416 e. The molecule has 40 heavy (non-hydrogen) atoms. The number of ether oxygens (including phenoxy) is 1. The van der Waals surface area contributed by atoms with Gasteiger partial charge in [0.05, 0.1) is 18.0 Å². The first kappa shape index (κ1) is 30.5. The van der Waals surface area contributed by atoms with E-state index < -0.39 is 17.7 Å². The fraction of sp³-hybridized carbons (Fsp3) is 0.355. The van der Waals surface area contributed by atoms with Crippen molar-refractivity contribution in [3.05, 3.63) is 82.9 Å². The fourth-order valence-electron chi connectivity index (χ4n) is 4.42. The first-order chi connectivity index (χ1) is 18.9. The van der Waals surface area contributed by atoms with Crippen LogP contribution >= 0.6 is 0 Å². The van der Waals surface area contributed by atoms with Gasteiger partial charge in [-0.25, -0.2) is 0 Å². The average molecular weight is 557 g/mol. The molecule has 0 aliphatic carbocycles. The minimum Gasteiger partial charge on any atom is -0.491 e. The number of carbonyl (C=O) groups is 2. The Morgan fingerprint density at radius 2 is 1.57 bits per heavy atom. The van der Waals surface area contributed by atoms with Crippen molar-refractivity contribution in [3.8, 4) is 16.9 Å². The third kappa shape index (κ3) is 8.24. The predicted octanol–water partition coefficient (Wildman–Crippen LogP) is 7.10. The molecule has 0 heterocycles. The maximum absolute atomic E-state index is 13.0. The minimum absolute atomic E-state index is 0.0320. The number of carbonyl (C=O) groups excluding carboxylic acids is 1. The molecule has 0 spiro atoms. The van der Waals surface area contributed by atoms with Gasteiger partial charge in [-0.2, -0.15) is 13.2 Å². The van der Waals surface area contributed by atoms with Gasteiger partial charge in [0.2, 0.25) is 0 Å². The molecule has 3 N–H and O–H groups in total. The number of alkyl halides is 3. The standard InChI is InChI=1S/C31H35F3N2O4/c1-5-19(2)27(36-25-12-8-23(9-13-25)30(39)35-15-14-28(37)38)18-40-26-16-20(3)29(21(4)17-26)22-6-10-24(11-7-22)31(32,33)34/h6-13,16-17,19,27,36H,5,14-15,18H2,1-4H3,(H,35,39)(H,37,38). The molecule has 9 heteroatoms. The van der Waals surface area contributed by atoms with Crippen LogP contribution in [0.25, 0.3) is 11.1 Å². The summed E-state index contributed by atoms with van der Waals surface area (Å²) in [5.74, 6) is -0.361. The number of aryl methyl sites for hydroxylation is 2. The smallest absolute Gasteiger partial charge is 0.416 e. The van der Waals surface area contributed by atoms with Gasteiger partial charge in [0.25, 0.3) is 5.91 Å². The number of hydrogen-bond acceptors (Lipinski definition) is 4. The van der Waals surface area contributed by atoms with Gasteiger partial charge < -0.3 is 20.5 Å². The first-order valence-corrected chi connectivity index (χ1v) is 13.2. The van der Waals surface area contributed by atoms with Crippen LogP contribution in [-0.4, -0.2) is 36.2 Å². The lowest BCUT2D eigenvalue weighted by Gasteiger charge is -2.26. The highest BCUT2D eigenvalue weighted by atomic mass is 19.4. The predicted molar refractivity (Wildman–Crippen MR) is 150 cm³/mol. The number of halogens is 3. The summed E-state index contributed by atoms with van der Waals surface area (Å²) < 4.78 is 45.1. The number of rotatable bonds is 12. The van der Waals surface area contributed by atoms with Crippen molar-refractivity contribution in [1.29, 1.82) is 0 Å². The maximum atomic E-state index is 13.0. The summed E-state index contributed by atoms with van der Waals surface area (Å²) in [5, 5.41) is 14.8. The molecule has 1 amide bonds. The first-order valence-electron chi connectivity index (χ1n) is 13.2. The molecule has 0 radical (unpaired) electrons. The lowest BCUT2D eigenvalue weighted by molar-refractivity contribution is -0.138. The van der Waals surface area contributed by atoms with Crippen LogP contribution in [0, 0.1) is 19.8 Å². The molecule has 0 aliphatic rings. The number of anilines is 1. The minimum atomic E-state index is -4.37. The molecule has 2 unspecified atom stereocenters. The monoisotopic (exact) mass is 556 g/mol. The van der Waals surface area contributed by atoms with E-state index in [1.165, 1.54) is 12.1 Å². The van der Waals surface area contributed by atoms with E-state index in [0.29, 0.717) is 23.5 Å². The van der Waals surface area contributed by atoms with Gasteiger partial charge in [-0.05, 0) is 90.6 Å². The van der Waals surface area contributed by atoms with E-state index in [4.69, 9.17) is 9.84 Å². The number of nitrogens with one attached hydrogen (secondary N) is 2. The molecule has 0 aromatic heterocycles. The number of hydrogen-bond donors (Lipinski definition) is 3. The quantitative estimate of drug-likeness (QED) is 0.222. The van der Waals surface area contributed by atoms with Gasteiger partial charge in [-0.1, -0.05) is 32.4 Å². The number of carboxylic acid groups (broad SMARTS) is 1. The molecule has 3 aromatic rings. The molecule has 3 aromatic carbocycles. The zero-order valence-corrected chi connectivity index (χ0v) is 23.1. The van der Waals surface area contributed by atoms with Crippen molar-refractivity contribution in [2.24, 2.45) is 5.92 Å². The summed E-state index contributed by atoms with van der Waals surface area (Å²) in [6.45, 7) is 8.48. The van der Waals surface area contributed by atoms with E-state index in [-0.39, 0.29) is 30.8 Å². The van der Waals surface area contributed by atoms with Gasteiger partial charge >= 0.3 is 12.1 Å². The van der Waals surface area contributed by atoms with Crippen LogP contribution in [0.3, 0.4) is 0 Å². The van der Waals surface area contributed by atoms with E-state index in [0.717, 1.165) is 40.9 Å². The molecular formula is C31H35F3N2O4. The molecule has 3 rings (SSSR count). The molecular weight excluding hydrogens is 521 g/mol. The zero-order valence-electron chi connectivity index (χ0n) is 23.1. The van der Waals surface area contributed by atoms with Crippen LogP contribution in [0.1, 0.15) is 53.7 Å². The Labute approximate surface area is 232 Å². The topological polar surface area (TPSA) is 87.7 Å². The highest BCUT2D eigenvalue weighted by Crippen LogP contribution is 2.34. The Bertz CT molecular complexity index is 1280. The summed E-state index contributed by atoms with van der Waals surface area (Å²) >= 11 is 0. The molecule has 0 saturated carbocycles. The second kappa shape index (κ2) is 13.4. The fourth-order valence-corrected chi connectivity index (χ4v) is 4.42. The average Bonchev–Trinajstić information content (AvgIpc) is 2.90. The summed E-state index contributed by atoms with van der Waals surface area (Å²) in [6.07, 6.45) is -3.60. The van der Waals surface area contributed by atoms with E-state index >= 15 is 0 Å². The largest absolute Gasteiger partial charge is 0.491 e. The normalized spacial score (nSPS) is 12.9. The van der Waals surface area contributed by atoms with Crippen LogP contribution in [0.2, 0.25) is 0 Å². The van der Waals surface area contributed by atoms with E-state index in [9.17, 15) is 22.8 Å². The lowest BCUT2D eigenvalue weighted by atomic mass is 9.94. The van der Waals surface area contributed by atoms with Crippen LogP contribution < -0.4 is 15.4 Å². The molecule has 0 fully saturated rings. The van der Waals surface area contributed by atoms with E-state index in [2.05, 4.69) is 24.5 Å². The zero-order chi connectivity index (χ0) is 29.4. The van der Waals surface area contributed by atoms with Crippen molar-refractivity contribution in [1.82, 2.24) is 5.32 Å². The number of benzene rings is 3.